The van der Waals surface area contributed by atoms with Crippen LogP contribution in [-0.4, -0.2) is 36.7 Å². The Kier molecular flexibility index (Phi) is 14.4. The number of methoxy groups -OCH3 is 1. The van der Waals surface area contributed by atoms with Crippen molar-refractivity contribution < 1.29 is 27.8 Å². The smallest absolute Gasteiger partial charge is 0.416 e. The number of hydrogen-bond acceptors (Lipinski definition) is 5. The summed E-state index contributed by atoms with van der Waals surface area (Å²) in [6.07, 6.45) is 4.15. The largest absolute Gasteiger partial charge is 0.500 e. The van der Waals surface area contributed by atoms with Gasteiger partial charge in [0.2, 0.25) is 0 Å². The lowest BCUT2D eigenvalue weighted by Crippen LogP contribution is -2.35. The van der Waals surface area contributed by atoms with E-state index >= 15 is 0 Å². The highest BCUT2D eigenvalue weighted by Gasteiger charge is 2.32. The highest BCUT2D eigenvalue weighted by molar-refractivity contribution is 5.84. The second-order valence-electron chi connectivity index (χ2n) is 12.8. The molecule has 0 fully saturated rings. The first-order chi connectivity index (χ1) is 24.9. The zero-order valence-corrected chi connectivity index (χ0v) is 30.6. The van der Waals surface area contributed by atoms with Crippen molar-refractivity contribution in [3.63, 3.8) is 0 Å². The molecule has 3 N–H and O–H groups in total. The Morgan fingerprint density at radius 2 is 1.35 bits per heavy atom. The number of nitrogens with one attached hydrogen (secondary N) is 2. The Morgan fingerprint density at radius 3 is 1.90 bits per heavy atom. The van der Waals surface area contributed by atoms with E-state index in [1.807, 2.05) is 57.2 Å². The van der Waals surface area contributed by atoms with Gasteiger partial charge in [-0.15, -0.1) is 0 Å². The van der Waals surface area contributed by atoms with Crippen LogP contribution in [0, 0.1) is 13.8 Å². The van der Waals surface area contributed by atoms with Gasteiger partial charge in [-0.3, -0.25) is 4.79 Å². The number of ether oxygens (including phenoxy) is 1. The summed E-state index contributed by atoms with van der Waals surface area (Å²) in [4.78, 5) is 12.2. The van der Waals surface area contributed by atoms with Crippen LogP contribution in [0.1, 0.15) is 76.8 Å². The Hall–Kier alpha value is -4.76. The Morgan fingerprint density at radius 1 is 0.788 bits per heavy atom. The third kappa shape index (κ3) is 10.4. The van der Waals surface area contributed by atoms with E-state index in [1.54, 1.807) is 6.08 Å². The summed E-state index contributed by atoms with van der Waals surface area (Å²) >= 11 is 0. The van der Waals surface area contributed by atoms with Gasteiger partial charge in [0.15, 0.2) is 0 Å². The number of aliphatic hydroxyl groups excluding tert-OH is 1. The van der Waals surface area contributed by atoms with Gasteiger partial charge in [0.25, 0.3) is 0 Å². The third-order valence-electron chi connectivity index (χ3n) is 9.40. The molecule has 0 bridgehead atoms. The summed E-state index contributed by atoms with van der Waals surface area (Å²) in [5, 5.41) is 16.1. The van der Waals surface area contributed by atoms with Crippen molar-refractivity contribution in [2.75, 3.05) is 13.7 Å². The quantitative estimate of drug-likeness (QED) is 0.0752. The predicted octanol–water partition coefficient (Wildman–Crippen LogP) is 9.79. The van der Waals surface area contributed by atoms with Crippen LogP contribution >= 0.6 is 0 Å². The number of carbonyl (C=O) groups is 1. The molecule has 4 aromatic carbocycles. The van der Waals surface area contributed by atoms with Crippen LogP contribution in [0.3, 0.4) is 0 Å². The first-order valence-electron chi connectivity index (χ1n) is 17.6. The van der Waals surface area contributed by atoms with Crippen LogP contribution in [0.2, 0.25) is 0 Å². The minimum Gasteiger partial charge on any atom is -0.500 e. The molecule has 8 heteroatoms. The van der Waals surface area contributed by atoms with E-state index in [2.05, 4.69) is 60.6 Å². The summed E-state index contributed by atoms with van der Waals surface area (Å²) in [5.41, 5.74) is 8.03. The highest BCUT2D eigenvalue weighted by atomic mass is 19.4. The van der Waals surface area contributed by atoms with Gasteiger partial charge in [-0.1, -0.05) is 111 Å². The molecule has 0 spiro atoms. The van der Waals surface area contributed by atoms with Gasteiger partial charge in [0.1, 0.15) is 11.5 Å². The number of ketones is 1. The molecule has 0 radical (unpaired) electrons. The normalized spacial score (nSPS) is 13.1. The van der Waals surface area contributed by atoms with Crippen molar-refractivity contribution in [2.24, 2.45) is 0 Å². The standard InChI is InChI=1S/C44H49F3N2O3/c1-7-41(43(51)8-2)48-26-33-13-9-12-32(24-33)18-20-35-14-10-16-38(29(35)3)39-17-11-15-36(30(39)4)21-22-37-25-34(19-23-40(37)44(45,46)47)27-49-42(28-50)31(5)52-6/h9-25,41-42,48-50H,5,7-8,26-28H2,1-4,6H3/b20-18+,22-21+. The van der Waals surface area contributed by atoms with Gasteiger partial charge >= 0.3 is 6.18 Å². The van der Waals surface area contributed by atoms with Gasteiger partial charge in [-0.2, -0.15) is 13.2 Å². The number of Topliss-reactive ketones (excluding diaryl/α,β-unsaturated/α-hetero) is 1. The molecule has 0 aromatic heterocycles. The van der Waals surface area contributed by atoms with Crippen molar-refractivity contribution in [1.82, 2.24) is 10.6 Å². The molecule has 4 aromatic rings. The average Bonchev–Trinajstić information content (AvgIpc) is 3.14. The van der Waals surface area contributed by atoms with E-state index in [0.29, 0.717) is 24.3 Å². The number of alkyl halides is 3. The van der Waals surface area contributed by atoms with Crippen molar-refractivity contribution in [1.29, 1.82) is 0 Å². The lowest BCUT2D eigenvalue weighted by Gasteiger charge is -2.18. The van der Waals surface area contributed by atoms with Crippen LogP contribution in [0.15, 0.2) is 91.2 Å². The van der Waals surface area contributed by atoms with Crippen LogP contribution in [0.4, 0.5) is 13.2 Å². The van der Waals surface area contributed by atoms with Crippen LogP contribution in [0.25, 0.3) is 35.4 Å². The molecule has 0 amide bonds. The molecular weight excluding hydrogens is 661 g/mol. The van der Waals surface area contributed by atoms with Gasteiger partial charge in [-0.25, -0.2) is 0 Å². The predicted molar refractivity (Wildman–Crippen MR) is 207 cm³/mol. The SMILES string of the molecule is C=C(OC)C(CO)NCc1ccc(C(F)(F)F)c(/C=C/c2cccc(-c3cccc(/C=C/c4cccc(CNC(CC)C(=O)CC)c4)c3C)c2C)c1. The molecule has 0 saturated heterocycles. The molecule has 0 saturated carbocycles. The number of aliphatic hydroxyl groups is 1. The fourth-order valence-corrected chi connectivity index (χ4v) is 6.18. The Labute approximate surface area is 305 Å². The molecule has 4 rings (SSSR count). The third-order valence-corrected chi connectivity index (χ3v) is 9.40. The second kappa shape index (κ2) is 18.6. The molecule has 0 aliphatic rings. The summed E-state index contributed by atoms with van der Waals surface area (Å²) in [7, 11) is 1.45. The van der Waals surface area contributed by atoms with E-state index in [4.69, 9.17) is 4.74 Å². The molecule has 0 aliphatic heterocycles. The zero-order valence-electron chi connectivity index (χ0n) is 30.6. The number of carbonyl (C=O) groups excluding carboxylic acids is 1. The minimum absolute atomic E-state index is 0.0468. The first kappa shape index (κ1) is 40.0. The average molecular weight is 711 g/mol. The van der Waals surface area contributed by atoms with Gasteiger partial charge in [-0.05, 0) is 88.0 Å². The highest BCUT2D eigenvalue weighted by Crippen LogP contribution is 2.35. The number of rotatable bonds is 17. The molecule has 2 atom stereocenters. The van der Waals surface area contributed by atoms with E-state index in [9.17, 15) is 23.1 Å². The van der Waals surface area contributed by atoms with Gasteiger partial charge in [0.05, 0.1) is 31.4 Å². The van der Waals surface area contributed by atoms with E-state index < -0.39 is 17.8 Å². The summed E-state index contributed by atoms with van der Waals surface area (Å²) in [5.74, 6) is 0.558. The molecule has 0 aliphatic carbocycles. The van der Waals surface area contributed by atoms with Crippen LogP contribution in [0.5, 0.6) is 0 Å². The molecule has 5 nitrogen and oxygen atoms in total. The Balaban J connectivity index is 1.58. The molecule has 52 heavy (non-hydrogen) atoms. The summed E-state index contributed by atoms with van der Waals surface area (Å²) in [6.45, 7) is 12.3. The zero-order chi connectivity index (χ0) is 37.8. The van der Waals surface area contributed by atoms with E-state index in [-0.39, 0.29) is 30.5 Å². The minimum atomic E-state index is -4.53. The number of halogens is 3. The first-order valence-corrected chi connectivity index (χ1v) is 17.6. The van der Waals surface area contributed by atoms with E-state index in [0.717, 1.165) is 57.0 Å². The maximum atomic E-state index is 14.0. The van der Waals surface area contributed by atoms with Crippen molar-refractivity contribution in [2.45, 2.75) is 71.9 Å². The van der Waals surface area contributed by atoms with Gasteiger partial charge < -0.3 is 20.5 Å². The van der Waals surface area contributed by atoms with Crippen molar-refractivity contribution in [3.05, 3.63) is 141 Å². The topological polar surface area (TPSA) is 70.6 Å². The van der Waals surface area contributed by atoms with Crippen LogP contribution < -0.4 is 10.6 Å². The second-order valence-corrected chi connectivity index (χ2v) is 12.8. The number of benzene rings is 4. The van der Waals surface area contributed by atoms with Crippen molar-refractivity contribution in [3.8, 4) is 11.1 Å². The fraction of sp³-hybridized carbons (Fsp3) is 0.295. The maximum Gasteiger partial charge on any atom is 0.416 e. The molecule has 274 valence electrons. The van der Waals surface area contributed by atoms with Crippen molar-refractivity contribution >= 4 is 30.1 Å². The summed E-state index contributed by atoms with van der Waals surface area (Å²) < 4.78 is 47.3. The molecule has 2 unspecified atom stereocenters. The summed E-state index contributed by atoms with van der Waals surface area (Å²) in [6, 6.07) is 23.6. The lowest BCUT2D eigenvalue weighted by molar-refractivity contribution is -0.137. The Bertz CT molecular complexity index is 1910. The van der Waals surface area contributed by atoms with Crippen LogP contribution in [-0.2, 0) is 28.8 Å². The maximum absolute atomic E-state index is 14.0. The fourth-order valence-electron chi connectivity index (χ4n) is 6.18. The molecular formula is C44H49F3N2O3. The lowest BCUT2D eigenvalue weighted by atomic mass is 9.91. The molecule has 0 heterocycles. The number of hydrogen-bond donors (Lipinski definition) is 3. The van der Waals surface area contributed by atoms with Gasteiger partial charge in [0, 0.05) is 19.5 Å². The monoisotopic (exact) mass is 710 g/mol. The van der Waals surface area contributed by atoms with E-state index in [1.165, 1.54) is 25.3 Å².